The van der Waals surface area contributed by atoms with Gasteiger partial charge >= 0.3 is 0 Å². The second-order valence-corrected chi connectivity index (χ2v) is 7.52. The fourth-order valence-electron chi connectivity index (χ4n) is 3.27. The molecule has 2 fully saturated rings. The van der Waals surface area contributed by atoms with Crippen LogP contribution in [0.5, 0.6) is 0 Å². The quantitative estimate of drug-likeness (QED) is 0.776. The predicted octanol–water partition coefficient (Wildman–Crippen LogP) is 1.37. The molecule has 2 rings (SSSR count). The summed E-state index contributed by atoms with van der Waals surface area (Å²) < 4.78 is 5.92. The Hall–Kier alpha value is -0.160. The molecule has 0 N–H and O–H groups in total. The maximum absolute atomic E-state index is 5.92. The van der Waals surface area contributed by atoms with Gasteiger partial charge in [0.25, 0.3) is 0 Å². The maximum Gasteiger partial charge on any atom is 0.0829 e. The van der Waals surface area contributed by atoms with Crippen LogP contribution in [0.15, 0.2) is 0 Å². The van der Waals surface area contributed by atoms with Crippen molar-refractivity contribution in [3.63, 3.8) is 0 Å². The van der Waals surface area contributed by atoms with Gasteiger partial charge in [0.15, 0.2) is 0 Å². The lowest BCUT2D eigenvalue weighted by atomic mass is 9.96. The van der Waals surface area contributed by atoms with E-state index >= 15 is 0 Å². The van der Waals surface area contributed by atoms with Crippen LogP contribution in [-0.2, 0) is 4.74 Å². The number of hydrogen-bond donors (Lipinski definition) is 0. The van der Waals surface area contributed by atoms with Gasteiger partial charge in [0.2, 0.25) is 0 Å². The number of nitrogens with zero attached hydrogens (tertiary/aromatic N) is 3. The molecule has 2 heterocycles. The normalized spacial score (nSPS) is 27.9. The van der Waals surface area contributed by atoms with E-state index in [2.05, 4.69) is 42.4 Å². The number of morpholine rings is 1. The number of piperazine rings is 1. The average molecular weight is 283 g/mol. The van der Waals surface area contributed by atoms with Gasteiger partial charge in [-0.2, -0.15) is 0 Å². The number of likely N-dealkylation sites (N-methyl/N-ethyl adjacent to an activating group) is 1. The summed E-state index contributed by atoms with van der Waals surface area (Å²) in [5.74, 6) is 0. The minimum absolute atomic E-state index is 0.413. The minimum Gasteiger partial charge on any atom is -0.374 e. The molecule has 4 nitrogen and oxygen atoms in total. The van der Waals surface area contributed by atoms with Crippen molar-refractivity contribution >= 4 is 0 Å². The molecule has 0 saturated carbocycles. The highest BCUT2D eigenvalue weighted by Crippen LogP contribution is 2.17. The van der Waals surface area contributed by atoms with Gasteiger partial charge in [-0.3, -0.25) is 9.80 Å². The first kappa shape index (κ1) is 16.2. The first-order chi connectivity index (χ1) is 9.46. The lowest BCUT2D eigenvalue weighted by Gasteiger charge is -2.40. The SMILES string of the molecule is CCN1CCO[C@H](CN2CCN(CC(C)(C)C)CC2)C1. The smallest absolute Gasteiger partial charge is 0.0829 e. The molecule has 0 radical (unpaired) electrons. The molecule has 2 saturated heterocycles. The van der Waals surface area contributed by atoms with Crippen molar-refractivity contribution in [3.8, 4) is 0 Å². The van der Waals surface area contributed by atoms with Crippen LogP contribution in [0, 0.1) is 5.41 Å². The van der Waals surface area contributed by atoms with E-state index in [0.717, 1.165) is 32.8 Å². The highest BCUT2D eigenvalue weighted by atomic mass is 16.5. The van der Waals surface area contributed by atoms with E-state index in [9.17, 15) is 0 Å². The highest BCUT2D eigenvalue weighted by molar-refractivity contribution is 4.80. The zero-order valence-corrected chi connectivity index (χ0v) is 13.9. The van der Waals surface area contributed by atoms with Crippen LogP contribution in [-0.4, -0.2) is 86.3 Å². The fourth-order valence-corrected chi connectivity index (χ4v) is 3.27. The van der Waals surface area contributed by atoms with Crippen molar-refractivity contribution in [1.29, 1.82) is 0 Å². The largest absolute Gasteiger partial charge is 0.374 e. The summed E-state index contributed by atoms with van der Waals surface area (Å²) in [5.41, 5.74) is 0.413. The molecular formula is C16H33N3O. The van der Waals surface area contributed by atoms with Crippen LogP contribution in [0.25, 0.3) is 0 Å². The summed E-state index contributed by atoms with van der Waals surface area (Å²) in [5, 5.41) is 0. The van der Waals surface area contributed by atoms with Gasteiger partial charge in [-0.15, -0.1) is 0 Å². The van der Waals surface area contributed by atoms with Gasteiger partial charge < -0.3 is 9.64 Å². The van der Waals surface area contributed by atoms with E-state index in [1.54, 1.807) is 0 Å². The number of rotatable bonds is 4. The lowest BCUT2D eigenvalue weighted by molar-refractivity contribution is -0.0476. The predicted molar refractivity (Wildman–Crippen MR) is 84.2 cm³/mol. The Morgan fingerprint density at radius 3 is 2.20 bits per heavy atom. The summed E-state index contributed by atoms with van der Waals surface area (Å²) in [6.07, 6.45) is 0.415. The first-order valence-corrected chi connectivity index (χ1v) is 8.25. The van der Waals surface area contributed by atoms with Crippen LogP contribution in [0.1, 0.15) is 27.7 Å². The second kappa shape index (κ2) is 7.21. The van der Waals surface area contributed by atoms with Gasteiger partial charge in [-0.25, -0.2) is 0 Å². The van der Waals surface area contributed by atoms with Gasteiger partial charge in [-0.1, -0.05) is 27.7 Å². The molecule has 4 heteroatoms. The first-order valence-electron chi connectivity index (χ1n) is 8.25. The van der Waals surface area contributed by atoms with E-state index in [4.69, 9.17) is 4.74 Å². The number of ether oxygens (including phenoxy) is 1. The summed E-state index contributed by atoms with van der Waals surface area (Å²) in [6.45, 7) is 20.6. The lowest BCUT2D eigenvalue weighted by Crippen LogP contribution is -2.53. The molecule has 0 amide bonds. The molecule has 2 aliphatic rings. The van der Waals surface area contributed by atoms with Crippen LogP contribution in [0.2, 0.25) is 0 Å². The van der Waals surface area contributed by atoms with Crippen molar-refractivity contribution in [2.24, 2.45) is 5.41 Å². The molecule has 118 valence electrons. The third-order valence-corrected chi connectivity index (χ3v) is 4.29. The number of hydrogen-bond acceptors (Lipinski definition) is 4. The summed E-state index contributed by atoms with van der Waals surface area (Å²) in [4.78, 5) is 7.70. The van der Waals surface area contributed by atoms with E-state index in [1.165, 1.54) is 32.7 Å². The van der Waals surface area contributed by atoms with Crippen LogP contribution in [0.4, 0.5) is 0 Å². The topological polar surface area (TPSA) is 19.0 Å². The average Bonchev–Trinajstić information content (AvgIpc) is 2.40. The van der Waals surface area contributed by atoms with E-state index in [0.29, 0.717) is 11.5 Å². The van der Waals surface area contributed by atoms with Crippen molar-refractivity contribution in [2.45, 2.75) is 33.8 Å². The molecule has 0 aromatic heterocycles. The van der Waals surface area contributed by atoms with Gasteiger partial charge in [-0.05, 0) is 12.0 Å². The minimum atomic E-state index is 0.413. The third kappa shape index (κ3) is 5.32. The Balaban J connectivity index is 1.69. The monoisotopic (exact) mass is 283 g/mol. The molecule has 0 aromatic rings. The molecule has 0 aromatic carbocycles. The molecule has 20 heavy (non-hydrogen) atoms. The van der Waals surface area contributed by atoms with Crippen LogP contribution in [0.3, 0.4) is 0 Å². The van der Waals surface area contributed by atoms with E-state index in [1.807, 2.05) is 0 Å². The zero-order chi connectivity index (χ0) is 14.6. The maximum atomic E-state index is 5.92. The molecule has 1 atom stereocenters. The highest BCUT2D eigenvalue weighted by Gasteiger charge is 2.25. The Bertz CT molecular complexity index is 282. The molecular weight excluding hydrogens is 250 g/mol. The van der Waals surface area contributed by atoms with Crippen LogP contribution >= 0.6 is 0 Å². The fraction of sp³-hybridized carbons (Fsp3) is 1.00. The second-order valence-electron chi connectivity index (χ2n) is 7.52. The van der Waals surface area contributed by atoms with Crippen molar-refractivity contribution < 1.29 is 4.74 Å². The third-order valence-electron chi connectivity index (χ3n) is 4.29. The van der Waals surface area contributed by atoms with Gasteiger partial charge in [0.1, 0.15) is 0 Å². The Morgan fingerprint density at radius 1 is 0.950 bits per heavy atom. The molecule has 0 spiro atoms. The zero-order valence-electron chi connectivity index (χ0n) is 13.9. The molecule has 0 aliphatic carbocycles. The Labute approximate surface area is 125 Å². The standard InChI is InChI=1S/C16H33N3O/c1-5-17-10-11-20-15(12-17)13-18-6-8-19(9-7-18)14-16(2,3)4/h15H,5-14H2,1-4H3/t15-/m0/s1. The van der Waals surface area contributed by atoms with Gasteiger partial charge in [0, 0.05) is 52.4 Å². The van der Waals surface area contributed by atoms with Gasteiger partial charge in [0.05, 0.1) is 12.7 Å². The molecule has 0 unspecified atom stereocenters. The van der Waals surface area contributed by atoms with Crippen molar-refractivity contribution in [3.05, 3.63) is 0 Å². The summed E-state index contributed by atoms with van der Waals surface area (Å²) in [7, 11) is 0. The molecule has 2 aliphatic heterocycles. The summed E-state index contributed by atoms with van der Waals surface area (Å²) >= 11 is 0. The summed E-state index contributed by atoms with van der Waals surface area (Å²) in [6, 6.07) is 0. The Kier molecular flexibility index (Phi) is 5.84. The van der Waals surface area contributed by atoms with Crippen LogP contribution < -0.4 is 0 Å². The van der Waals surface area contributed by atoms with E-state index in [-0.39, 0.29) is 0 Å². The van der Waals surface area contributed by atoms with E-state index < -0.39 is 0 Å². The molecule has 0 bridgehead atoms. The van der Waals surface area contributed by atoms with Crippen molar-refractivity contribution in [2.75, 3.05) is 65.5 Å². The van der Waals surface area contributed by atoms with Crippen molar-refractivity contribution in [1.82, 2.24) is 14.7 Å². The Morgan fingerprint density at radius 2 is 1.60 bits per heavy atom.